The van der Waals surface area contributed by atoms with Crippen LogP contribution in [0.3, 0.4) is 0 Å². The first kappa shape index (κ1) is 13.1. The molecule has 2 N–H and O–H groups in total. The molecule has 1 aliphatic heterocycles. The van der Waals surface area contributed by atoms with Crippen LogP contribution in [0.2, 0.25) is 0 Å². The van der Waals surface area contributed by atoms with Gasteiger partial charge in [-0.2, -0.15) is 0 Å². The first-order chi connectivity index (χ1) is 8.69. The zero-order valence-corrected chi connectivity index (χ0v) is 10.7. The zero-order chi connectivity index (χ0) is 13.0. The Morgan fingerprint density at radius 3 is 2.61 bits per heavy atom. The molecule has 0 radical (unpaired) electrons. The Hall–Kier alpha value is -1.39. The number of likely N-dealkylation sites (tertiary alicyclic amines) is 1. The van der Waals surface area contributed by atoms with Gasteiger partial charge in [0.1, 0.15) is 0 Å². The summed E-state index contributed by atoms with van der Waals surface area (Å²) in [6, 6.07) is 8.49. The number of hydrogen-bond acceptors (Lipinski definition) is 3. The van der Waals surface area contributed by atoms with Crippen molar-refractivity contribution in [1.82, 2.24) is 10.2 Å². The number of carbonyl (C=O) groups is 1. The predicted octanol–water partition coefficient (Wildman–Crippen LogP) is 1.31. The second kappa shape index (κ2) is 5.98. The van der Waals surface area contributed by atoms with Crippen LogP contribution in [0.15, 0.2) is 24.3 Å². The van der Waals surface area contributed by atoms with Gasteiger partial charge >= 0.3 is 5.97 Å². The molecule has 1 saturated heterocycles. The lowest BCUT2D eigenvalue weighted by Crippen LogP contribution is -2.22. The quantitative estimate of drug-likeness (QED) is 0.825. The second-order valence-corrected chi connectivity index (χ2v) is 4.91. The van der Waals surface area contributed by atoms with Gasteiger partial charge in [0.05, 0.1) is 5.92 Å². The lowest BCUT2D eigenvalue weighted by molar-refractivity contribution is -0.141. The molecule has 0 amide bonds. The summed E-state index contributed by atoms with van der Waals surface area (Å²) in [5, 5.41) is 12.1. The van der Waals surface area contributed by atoms with Gasteiger partial charge in [0, 0.05) is 19.6 Å². The lowest BCUT2D eigenvalue weighted by Gasteiger charge is -2.15. The average molecular weight is 248 g/mol. The summed E-state index contributed by atoms with van der Waals surface area (Å²) >= 11 is 0. The molecule has 0 aromatic heterocycles. The van der Waals surface area contributed by atoms with Crippen LogP contribution >= 0.6 is 0 Å². The molecule has 18 heavy (non-hydrogen) atoms. The first-order valence-electron chi connectivity index (χ1n) is 6.36. The van der Waals surface area contributed by atoms with Gasteiger partial charge in [0.2, 0.25) is 0 Å². The fraction of sp³-hybridized carbons (Fsp3) is 0.500. The van der Waals surface area contributed by atoms with Crippen LogP contribution in [0, 0.1) is 5.92 Å². The highest BCUT2D eigenvalue weighted by Crippen LogP contribution is 2.19. The van der Waals surface area contributed by atoms with Crippen molar-refractivity contribution in [2.45, 2.75) is 19.5 Å². The molecular weight excluding hydrogens is 228 g/mol. The van der Waals surface area contributed by atoms with Crippen LogP contribution in [0.25, 0.3) is 0 Å². The van der Waals surface area contributed by atoms with E-state index in [1.54, 1.807) is 0 Å². The van der Waals surface area contributed by atoms with Crippen LogP contribution in [0.5, 0.6) is 0 Å². The Labute approximate surface area is 108 Å². The monoisotopic (exact) mass is 248 g/mol. The van der Waals surface area contributed by atoms with E-state index in [2.05, 4.69) is 34.5 Å². The van der Waals surface area contributed by atoms with Crippen molar-refractivity contribution < 1.29 is 9.90 Å². The summed E-state index contributed by atoms with van der Waals surface area (Å²) in [6.07, 6.45) is 0.771. The molecule has 1 fully saturated rings. The number of rotatable bonds is 5. The van der Waals surface area contributed by atoms with Crippen LogP contribution < -0.4 is 5.32 Å². The van der Waals surface area contributed by atoms with Crippen molar-refractivity contribution in [1.29, 1.82) is 0 Å². The van der Waals surface area contributed by atoms with Crippen molar-refractivity contribution in [2.75, 3.05) is 20.1 Å². The highest BCUT2D eigenvalue weighted by molar-refractivity contribution is 5.70. The standard InChI is InChI=1S/C14H20N2O2/c1-15-8-11-2-4-12(5-3-11)9-16-7-6-13(10-16)14(17)18/h2-5,13,15H,6-10H2,1H3,(H,17,18). The Kier molecular flexibility index (Phi) is 4.33. The number of aliphatic carboxylic acids is 1. The maximum absolute atomic E-state index is 10.9. The van der Waals surface area contributed by atoms with Gasteiger partial charge < -0.3 is 10.4 Å². The summed E-state index contributed by atoms with van der Waals surface area (Å²) in [4.78, 5) is 13.1. The minimum atomic E-state index is -0.665. The number of carboxylic acid groups (broad SMARTS) is 1. The summed E-state index contributed by atoms with van der Waals surface area (Å²) in [5.41, 5.74) is 2.52. The fourth-order valence-corrected chi connectivity index (χ4v) is 2.40. The molecular formula is C14H20N2O2. The number of nitrogens with zero attached hydrogens (tertiary/aromatic N) is 1. The van der Waals surface area contributed by atoms with E-state index in [0.717, 1.165) is 26.1 Å². The minimum absolute atomic E-state index is 0.187. The molecule has 4 heteroatoms. The normalized spacial score (nSPS) is 20.2. The highest BCUT2D eigenvalue weighted by atomic mass is 16.4. The topological polar surface area (TPSA) is 52.6 Å². The van der Waals surface area contributed by atoms with E-state index in [9.17, 15) is 4.79 Å². The largest absolute Gasteiger partial charge is 0.481 e. The Bertz CT molecular complexity index is 403. The van der Waals surface area contributed by atoms with Gasteiger partial charge in [-0.25, -0.2) is 0 Å². The molecule has 0 bridgehead atoms. The molecule has 1 unspecified atom stereocenters. The number of benzene rings is 1. The number of carboxylic acids is 1. The van der Waals surface area contributed by atoms with Crippen LogP contribution in [-0.2, 0) is 17.9 Å². The molecule has 2 rings (SSSR count). The number of hydrogen-bond donors (Lipinski definition) is 2. The Morgan fingerprint density at radius 1 is 1.39 bits per heavy atom. The Morgan fingerprint density at radius 2 is 2.06 bits per heavy atom. The number of nitrogens with one attached hydrogen (secondary N) is 1. The third-order valence-electron chi connectivity index (χ3n) is 3.43. The molecule has 0 saturated carbocycles. The first-order valence-corrected chi connectivity index (χ1v) is 6.36. The molecule has 4 nitrogen and oxygen atoms in total. The lowest BCUT2D eigenvalue weighted by atomic mass is 10.1. The van der Waals surface area contributed by atoms with E-state index < -0.39 is 5.97 Å². The fourth-order valence-electron chi connectivity index (χ4n) is 2.40. The maximum Gasteiger partial charge on any atom is 0.307 e. The van der Waals surface area contributed by atoms with Crippen LogP contribution in [-0.4, -0.2) is 36.1 Å². The van der Waals surface area contributed by atoms with Gasteiger partial charge in [-0.3, -0.25) is 9.69 Å². The van der Waals surface area contributed by atoms with Crippen molar-refractivity contribution in [3.63, 3.8) is 0 Å². The van der Waals surface area contributed by atoms with Gasteiger partial charge in [-0.1, -0.05) is 24.3 Å². The van der Waals surface area contributed by atoms with E-state index in [4.69, 9.17) is 5.11 Å². The van der Waals surface area contributed by atoms with Crippen molar-refractivity contribution in [3.8, 4) is 0 Å². The molecule has 1 atom stereocenters. The minimum Gasteiger partial charge on any atom is -0.481 e. The van der Waals surface area contributed by atoms with Crippen molar-refractivity contribution in [3.05, 3.63) is 35.4 Å². The average Bonchev–Trinajstić information content (AvgIpc) is 2.81. The summed E-state index contributed by atoms with van der Waals surface area (Å²) in [7, 11) is 1.93. The summed E-state index contributed by atoms with van der Waals surface area (Å²) in [6.45, 7) is 3.29. The van der Waals surface area contributed by atoms with Gasteiger partial charge in [-0.15, -0.1) is 0 Å². The predicted molar refractivity (Wildman–Crippen MR) is 70.2 cm³/mol. The molecule has 1 aliphatic rings. The van der Waals surface area contributed by atoms with E-state index in [1.807, 2.05) is 7.05 Å². The third kappa shape index (κ3) is 3.31. The van der Waals surface area contributed by atoms with E-state index in [1.165, 1.54) is 11.1 Å². The van der Waals surface area contributed by atoms with Crippen LogP contribution in [0.1, 0.15) is 17.5 Å². The smallest absolute Gasteiger partial charge is 0.307 e. The van der Waals surface area contributed by atoms with Gasteiger partial charge in [0.25, 0.3) is 0 Å². The second-order valence-electron chi connectivity index (χ2n) is 4.91. The highest BCUT2D eigenvalue weighted by Gasteiger charge is 2.27. The van der Waals surface area contributed by atoms with Crippen LogP contribution in [0.4, 0.5) is 0 Å². The Balaban J connectivity index is 1.88. The van der Waals surface area contributed by atoms with Crippen molar-refractivity contribution in [2.24, 2.45) is 5.92 Å². The summed E-state index contributed by atoms with van der Waals surface area (Å²) in [5.74, 6) is -0.851. The SMILES string of the molecule is CNCc1ccc(CN2CCC(C(=O)O)C2)cc1. The van der Waals surface area contributed by atoms with Gasteiger partial charge in [-0.05, 0) is 31.1 Å². The molecule has 1 heterocycles. The maximum atomic E-state index is 10.9. The van der Waals surface area contributed by atoms with Gasteiger partial charge in [0.15, 0.2) is 0 Å². The molecule has 0 spiro atoms. The zero-order valence-electron chi connectivity index (χ0n) is 10.7. The van der Waals surface area contributed by atoms with E-state index in [-0.39, 0.29) is 5.92 Å². The third-order valence-corrected chi connectivity index (χ3v) is 3.43. The molecule has 1 aromatic carbocycles. The van der Waals surface area contributed by atoms with Crippen molar-refractivity contribution >= 4 is 5.97 Å². The van der Waals surface area contributed by atoms with E-state index >= 15 is 0 Å². The molecule has 1 aromatic rings. The molecule has 0 aliphatic carbocycles. The molecule has 98 valence electrons. The summed E-state index contributed by atoms with van der Waals surface area (Å²) < 4.78 is 0. The van der Waals surface area contributed by atoms with E-state index in [0.29, 0.717) is 6.54 Å².